The Morgan fingerprint density at radius 1 is 1.35 bits per heavy atom. The van der Waals surface area contributed by atoms with Gasteiger partial charge in [-0.2, -0.15) is 29.0 Å². The lowest BCUT2D eigenvalue weighted by Crippen LogP contribution is -2.55. The summed E-state index contributed by atoms with van der Waals surface area (Å²) in [6.07, 6.45) is -5.21. The smallest absolute Gasteiger partial charge is 0.444 e. The van der Waals surface area contributed by atoms with Gasteiger partial charge in [0.05, 0.1) is 12.3 Å². The van der Waals surface area contributed by atoms with E-state index >= 15 is 0 Å². The Balaban J connectivity index is 3.65. The van der Waals surface area contributed by atoms with Crippen LogP contribution in [0.2, 0.25) is 0 Å². The highest BCUT2D eigenvalue weighted by Gasteiger charge is 2.63. The Labute approximate surface area is 111 Å². The summed E-state index contributed by atoms with van der Waals surface area (Å²) in [5.74, 6) is -1.08. The van der Waals surface area contributed by atoms with Crippen LogP contribution in [-0.2, 0) is 4.74 Å². The first-order valence-electron chi connectivity index (χ1n) is 5.16. The normalized spacial score (nSPS) is 21.6. The van der Waals surface area contributed by atoms with E-state index in [2.05, 4.69) is 4.74 Å². The molecule has 0 aliphatic carbocycles. The van der Waals surface area contributed by atoms with Crippen molar-refractivity contribution >= 4 is 0 Å². The maximum absolute atomic E-state index is 12.9. The van der Waals surface area contributed by atoms with Crippen molar-refractivity contribution in [3.05, 3.63) is 22.6 Å². The van der Waals surface area contributed by atoms with Gasteiger partial charge in [-0.15, -0.1) is 0 Å². The average Bonchev–Trinajstić information content (AvgIpc) is 2.65. The van der Waals surface area contributed by atoms with Crippen molar-refractivity contribution in [3.63, 3.8) is 0 Å². The van der Waals surface area contributed by atoms with Crippen molar-refractivity contribution < 1.29 is 23.0 Å². The minimum Gasteiger partial charge on any atom is -0.491 e. The predicted octanol–water partition coefficient (Wildman–Crippen LogP) is 0.956. The number of ether oxygens (including phenoxy) is 1. The van der Waals surface area contributed by atoms with Gasteiger partial charge in [-0.3, -0.25) is 0 Å². The largest absolute Gasteiger partial charge is 0.491 e. The molecule has 1 aliphatic rings. The van der Waals surface area contributed by atoms with Gasteiger partial charge >= 0.3 is 6.18 Å². The molecule has 0 saturated heterocycles. The summed E-state index contributed by atoms with van der Waals surface area (Å²) < 4.78 is 43.5. The number of halogens is 3. The number of hydrogen-bond donors (Lipinski definition) is 2. The van der Waals surface area contributed by atoms with E-state index in [1.165, 1.54) is 25.1 Å². The van der Waals surface area contributed by atoms with Crippen LogP contribution in [-0.4, -0.2) is 23.6 Å². The van der Waals surface area contributed by atoms with Gasteiger partial charge in [0.15, 0.2) is 11.3 Å². The van der Waals surface area contributed by atoms with Crippen molar-refractivity contribution in [1.82, 2.24) is 5.32 Å². The van der Waals surface area contributed by atoms with Crippen LogP contribution >= 0.6 is 0 Å². The van der Waals surface area contributed by atoms with Crippen LogP contribution < -0.4 is 5.32 Å². The second-order valence-electron chi connectivity index (χ2n) is 3.56. The summed E-state index contributed by atoms with van der Waals surface area (Å²) in [5.41, 5.74) is -5.85. The molecule has 0 saturated carbocycles. The van der Waals surface area contributed by atoms with Gasteiger partial charge < -0.3 is 15.2 Å². The standard InChI is InChI=1S/C11H7F3N4O2/c1-2-20-9-7(5-17)8(6(3-15)4-16)18-10(9,19)11(12,13)14/h18-19H,2H2,1H3. The third-order valence-corrected chi connectivity index (χ3v) is 2.40. The first kappa shape index (κ1) is 15.4. The lowest BCUT2D eigenvalue weighted by atomic mass is 10.1. The molecule has 0 fully saturated rings. The van der Waals surface area contributed by atoms with E-state index in [-0.39, 0.29) is 6.61 Å². The molecule has 6 nitrogen and oxygen atoms in total. The van der Waals surface area contributed by atoms with E-state index < -0.39 is 34.5 Å². The molecule has 9 heteroatoms. The third kappa shape index (κ3) is 2.13. The molecule has 0 amide bonds. The molecule has 1 rings (SSSR count). The predicted molar refractivity (Wildman–Crippen MR) is 56.7 cm³/mol. The van der Waals surface area contributed by atoms with Crippen molar-refractivity contribution in [2.45, 2.75) is 18.8 Å². The third-order valence-electron chi connectivity index (χ3n) is 2.40. The Bertz CT molecular complexity index is 600. The Morgan fingerprint density at radius 2 is 1.90 bits per heavy atom. The monoisotopic (exact) mass is 284 g/mol. The van der Waals surface area contributed by atoms with Crippen LogP contribution in [0.4, 0.5) is 13.2 Å². The van der Waals surface area contributed by atoms with E-state index in [0.717, 1.165) is 0 Å². The minimum absolute atomic E-state index is 0.248. The van der Waals surface area contributed by atoms with Gasteiger partial charge in [0.25, 0.3) is 5.72 Å². The van der Waals surface area contributed by atoms with Gasteiger partial charge in [-0.25, -0.2) is 0 Å². The van der Waals surface area contributed by atoms with E-state index in [1.807, 2.05) is 0 Å². The molecule has 1 unspecified atom stereocenters. The fourth-order valence-electron chi connectivity index (χ4n) is 1.55. The van der Waals surface area contributed by atoms with Crippen molar-refractivity contribution in [1.29, 1.82) is 15.8 Å². The van der Waals surface area contributed by atoms with E-state index in [4.69, 9.17) is 15.8 Å². The molecule has 1 atom stereocenters. The van der Waals surface area contributed by atoms with E-state index in [0.29, 0.717) is 0 Å². The quantitative estimate of drug-likeness (QED) is 0.730. The number of hydrogen-bond acceptors (Lipinski definition) is 6. The van der Waals surface area contributed by atoms with Crippen LogP contribution in [0.1, 0.15) is 6.92 Å². The van der Waals surface area contributed by atoms with Crippen molar-refractivity contribution in [2.24, 2.45) is 0 Å². The maximum atomic E-state index is 12.9. The zero-order chi connectivity index (χ0) is 15.6. The lowest BCUT2D eigenvalue weighted by molar-refractivity contribution is -0.262. The minimum atomic E-state index is -5.21. The molecule has 0 aromatic rings. The van der Waals surface area contributed by atoms with Crippen LogP contribution in [0.15, 0.2) is 22.6 Å². The zero-order valence-electron chi connectivity index (χ0n) is 10.0. The number of nitrogens with one attached hydrogen (secondary N) is 1. The number of rotatable bonds is 2. The molecule has 0 aromatic carbocycles. The Kier molecular flexibility index (Phi) is 3.93. The summed E-state index contributed by atoms with van der Waals surface area (Å²) in [6, 6.07) is 4.09. The van der Waals surface area contributed by atoms with Gasteiger partial charge in [0, 0.05) is 0 Å². The highest BCUT2D eigenvalue weighted by atomic mass is 19.4. The summed E-state index contributed by atoms with van der Waals surface area (Å²) in [7, 11) is 0. The average molecular weight is 284 g/mol. The number of allylic oxidation sites excluding steroid dienone is 2. The summed E-state index contributed by atoms with van der Waals surface area (Å²) in [6.45, 7) is 1.11. The van der Waals surface area contributed by atoms with Gasteiger partial charge in [-0.1, -0.05) is 0 Å². The lowest BCUT2D eigenvalue weighted by Gasteiger charge is -2.28. The van der Waals surface area contributed by atoms with Crippen LogP contribution in [0.5, 0.6) is 0 Å². The molecule has 0 bridgehead atoms. The Hall–Kier alpha value is -2.70. The molecule has 2 N–H and O–H groups in total. The first-order valence-corrected chi connectivity index (χ1v) is 5.16. The fourth-order valence-corrected chi connectivity index (χ4v) is 1.55. The molecule has 1 aliphatic heterocycles. The second kappa shape index (κ2) is 5.12. The number of aliphatic hydroxyl groups is 1. The van der Waals surface area contributed by atoms with Crippen molar-refractivity contribution in [3.8, 4) is 18.2 Å². The molecular weight excluding hydrogens is 277 g/mol. The molecule has 0 radical (unpaired) electrons. The number of alkyl halides is 3. The molecule has 20 heavy (non-hydrogen) atoms. The highest BCUT2D eigenvalue weighted by molar-refractivity contribution is 5.59. The maximum Gasteiger partial charge on any atom is 0.444 e. The molecule has 0 spiro atoms. The summed E-state index contributed by atoms with van der Waals surface area (Å²) in [4.78, 5) is 0. The SMILES string of the molecule is CCOC1=C(C#N)C(=C(C#N)C#N)NC1(O)C(F)(F)F. The molecular formula is C11H7F3N4O2. The molecule has 104 valence electrons. The first-order chi connectivity index (χ1) is 9.26. The second-order valence-corrected chi connectivity index (χ2v) is 3.56. The van der Waals surface area contributed by atoms with Gasteiger partial charge in [0.1, 0.15) is 23.8 Å². The van der Waals surface area contributed by atoms with Crippen LogP contribution in [0.3, 0.4) is 0 Å². The fraction of sp³-hybridized carbons (Fsp3) is 0.364. The van der Waals surface area contributed by atoms with Gasteiger partial charge in [-0.05, 0) is 6.92 Å². The molecule has 1 heterocycles. The van der Waals surface area contributed by atoms with Crippen LogP contribution in [0.25, 0.3) is 0 Å². The highest BCUT2D eigenvalue weighted by Crippen LogP contribution is 2.42. The Morgan fingerprint density at radius 3 is 2.25 bits per heavy atom. The van der Waals surface area contributed by atoms with E-state index in [1.54, 1.807) is 5.32 Å². The van der Waals surface area contributed by atoms with E-state index in [9.17, 15) is 18.3 Å². The summed E-state index contributed by atoms with van der Waals surface area (Å²) >= 11 is 0. The van der Waals surface area contributed by atoms with Gasteiger partial charge in [0.2, 0.25) is 0 Å². The molecule has 0 aromatic heterocycles. The zero-order valence-corrected chi connectivity index (χ0v) is 10.0. The topological polar surface area (TPSA) is 113 Å². The van der Waals surface area contributed by atoms with Crippen LogP contribution in [0, 0.1) is 34.0 Å². The van der Waals surface area contributed by atoms with Crippen molar-refractivity contribution in [2.75, 3.05) is 6.61 Å². The summed E-state index contributed by atoms with van der Waals surface area (Å²) in [5, 5.41) is 37.6. The number of nitriles is 3. The number of nitrogens with zero attached hydrogens (tertiary/aromatic N) is 3.